The molecule has 18 heteroatoms. The van der Waals surface area contributed by atoms with Gasteiger partial charge < -0.3 is 24.6 Å². The van der Waals surface area contributed by atoms with Crippen molar-refractivity contribution in [2.24, 2.45) is 11.3 Å². The Morgan fingerprint density at radius 3 is 2.48 bits per heavy atom. The van der Waals surface area contributed by atoms with Crippen molar-refractivity contribution < 1.29 is 37.1 Å². The molecule has 1 aliphatic carbocycles. The normalized spacial score (nSPS) is 25.8. The highest BCUT2D eigenvalue weighted by Gasteiger charge is 2.61. The molecular formula is C44H62N8O8S2. The number of alkyl carbamates (subject to hydrolysis) is 1. The first-order valence-corrected chi connectivity index (χ1v) is 24.3. The summed E-state index contributed by atoms with van der Waals surface area (Å²) in [5, 5.41) is 5.86. The largest absolute Gasteiger partial charge is 0.459 e. The maximum atomic E-state index is 14.8. The first-order valence-electron chi connectivity index (χ1n) is 22.0. The maximum absolute atomic E-state index is 14.8. The van der Waals surface area contributed by atoms with Gasteiger partial charge >= 0.3 is 16.3 Å². The lowest BCUT2D eigenvalue weighted by Crippen LogP contribution is -2.53. The summed E-state index contributed by atoms with van der Waals surface area (Å²) in [6.07, 6.45) is 9.30. The van der Waals surface area contributed by atoms with Crippen LogP contribution in [-0.2, 0) is 29.3 Å². The maximum Gasteiger partial charge on any atom is 0.408 e. The summed E-state index contributed by atoms with van der Waals surface area (Å²) in [7, 11) is -1.50. The molecule has 7 rings (SSSR count). The molecule has 338 valence electrons. The van der Waals surface area contributed by atoms with Gasteiger partial charge in [-0.1, -0.05) is 37.1 Å². The molecule has 3 fully saturated rings. The molecule has 5 atom stereocenters. The zero-order chi connectivity index (χ0) is 44.6. The van der Waals surface area contributed by atoms with Crippen molar-refractivity contribution in [1.82, 2.24) is 33.8 Å². The number of aromatic nitrogens is 3. The minimum absolute atomic E-state index is 0.0126. The Kier molecular flexibility index (Phi) is 13.4. The second kappa shape index (κ2) is 18.3. The molecule has 2 N–H and O–H groups in total. The number of anilines is 1. The average molecular weight is 895 g/mol. The number of nitrogens with one attached hydrogen (secondary N) is 2. The number of hydrogen-bond acceptors (Lipinski definition) is 12. The summed E-state index contributed by atoms with van der Waals surface area (Å²) in [6.45, 7) is 11.3. The fourth-order valence-electron chi connectivity index (χ4n) is 8.91. The lowest BCUT2D eigenvalue weighted by atomic mass is 9.91. The van der Waals surface area contributed by atoms with Gasteiger partial charge in [0.25, 0.3) is 6.01 Å². The van der Waals surface area contributed by atoms with E-state index in [-0.39, 0.29) is 37.8 Å². The lowest BCUT2D eigenvalue weighted by molar-refractivity contribution is -0.140. The fourth-order valence-corrected chi connectivity index (χ4v) is 10.4. The van der Waals surface area contributed by atoms with Crippen molar-refractivity contribution in [3.63, 3.8) is 0 Å². The van der Waals surface area contributed by atoms with E-state index in [0.717, 1.165) is 70.5 Å². The Morgan fingerprint density at radius 1 is 1.03 bits per heavy atom. The molecule has 3 aliphatic heterocycles. The van der Waals surface area contributed by atoms with Crippen LogP contribution in [0.5, 0.6) is 6.01 Å². The number of Topliss-reactive ketones (excluding diaryl/α,β-unsaturated/α-hetero) is 1. The monoisotopic (exact) mass is 894 g/mol. The summed E-state index contributed by atoms with van der Waals surface area (Å²) < 4.78 is 43.1. The average Bonchev–Trinajstić information content (AvgIpc) is 3.56. The summed E-state index contributed by atoms with van der Waals surface area (Å²) in [4.78, 5) is 70.4. The number of thiazole rings is 1. The number of rotatable bonds is 9. The van der Waals surface area contributed by atoms with Gasteiger partial charge in [-0.3, -0.25) is 19.0 Å². The number of nitrogens with zero attached hydrogens (tertiary/aromatic N) is 6. The van der Waals surface area contributed by atoms with Crippen molar-refractivity contribution in [3.05, 3.63) is 35.7 Å². The number of hydrogen-bond donors (Lipinski definition) is 2. The molecule has 0 bridgehead atoms. The predicted octanol–water partition coefficient (Wildman–Crippen LogP) is 6.38. The van der Waals surface area contributed by atoms with Gasteiger partial charge in [0.15, 0.2) is 10.9 Å². The molecule has 1 saturated carbocycles. The molecule has 0 spiro atoms. The number of piperidine rings is 1. The first kappa shape index (κ1) is 45.5. The first-order chi connectivity index (χ1) is 29.4. The summed E-state index contributed by atoms with van der Waals surface area (Å²) in [5.74, 6) is -1.96. The van der Waals surface area contributed by atoms with Crippen LogP contribution in [0.2, 0.25) is 0 Å². The van der Waals surface area contributed by atoms with Crippen LogP contribution in [0.1, 0.15) is 111 Å². The van der Waals surface area contributed by atoms with Gasteiger partial charge in [0, 0.05) is 57.0 Å². The third-order valence-electron chi connectivity index (χ3n) is 12.3. The highest BCUT2D eigenvalue weighted by Crippen LogP contribution is 2.57. The number of ketones is 1. The number of allylic oxidation sites excluding steroid dienone is 2. The number of carbonyl (C=O) groups is 4. The predicted molar refractivity (Wildman–Crippen MR) is 238 cm³/mol. The van der Waals surface area contributed by atoms with Crippen molar-refractivity contribution in [2.75, 3.05) is 38.6 Å². The fraction of sp³-hybridized carbons (Fsp3) is 0.636. The van der Waals surface area contributed by atoms with Crippen LogP contribution < -0.4 is 19.7 Å². The van der Waals surface area contributed by atoms with E-state index in [2.05, 4.69) is 20.3 Å². The number of benzene rings is 1. The van der Waals surface area contributed by atoms with E-state index in [1.54, 1.807) is 32.1 Å². The van der Waals surface area contributed by atoms with Crippen LogP contribution in [0, 0.1) is 11.3 Å². The van der Waals surface area contributed by atoms with E-state index in [1.807, 2.05) is 48.8 Å². The molecule has 62 heavy (non-hydrogen) atoms. The minimum Gasteiger partial charge on any atom is -0.459 e. The quantitative estimate of drug-likeness (QED) is 0.227. The Hall–Kier alpha value is -4.55. The minimum atomic E-state index is -4.14. The Bertz CT molecular complexity index is 2290. The summed E-state index contributed by atoms with van der Waals surface area (Å²) >= 11 is 1.63. The number of para-hydroxylation sites is 1. The van der Waals surface area contributed by atoms with Crippen molar-refractivity contribution >= 4 is 61.4 Å². The van der Waals surface area contributed by atoms with Crippen molar-refractivity contribution in [1.29, 1.82) is 0 Å². The summed E-state index contributed by atoms with van der Waals surface area (Å²) in [6, 6.07) is 4.23. The second-order valence-electron chi connectivity index (χ2n) is 18.7. The van der Waals surface area contributed by atoms with Crippen molar-refractivity contribution in [2.45, 2.75) is 135 Å². The standard InChI is InChI=1S/C44H62N8O8S2/c1-28(2)52-34-20-16-18-31(33-27-61-41(45-33)50-21-14-11-15-22-50)37(34)47-40(52)59-30-23-35-36(53)25-44(39(55)48-62(57,58)49(6)7)24-29(44)17-12-9-8-10-13-19-32(38(54)51(35)26-30)46-42(56)60-43(3,4)5/h12,16-18,20,27-30,32,35H,8-11,13-15,19,21-26H2,1-7H3,(H,46,56)(H,48,55)/b17-12-/t29-,30+,32-,35-,44+/m0/s1. The molecule has 3 amide bonds. The Balaban J connectivity index is 1.22. The topological polar surface area (TPSA) is 185 Å². The summed E-state index contributed by atoms with van der Waals surface area (Å²) in [5.41, 5.74) is 1.16. The highest BCUT2D eigenvalue weighted by molar-refractivity contribution is 7.87. The van der Waals surface area contributed by atoms with Gasteiger partial charge in [-0.05, 0) is 91.5 Å². The Labute approximate surface area is 369 Å². The molecule has 1 aromatic carbocycles. The zero-order valence-electron chi connectivity index (χ0n) is 37.0. The third kappa shape index (κ3) is 9.96. The van der Waals surface area contributed by atoms with Gasteiger partial charge in [0.2, 0.25) is 11.8 Å². The van der Waals surface area contributed by atoms with Gasteiger partial charge in [-0.2, -0.15) is 17.7 Å². The van der Waals surface area contributed by atoms with Crippen LogP contribution in [0.4, 0.5) is 9.93 Å². The van der Waals surface area contributed by atoms with Gasteiger partial charge in [0.1, 0.15) is 23.3 Å². The van der Waals surface area contributed by atoms with Gasteiger partial charge in [0.05, 0.1) is 29.2 Å². The molecule has 16 nitrogen and oxygen atoms in total. The number of carbonyl (C=O) groups excluding carboxylic acids is 4. The smallest absolute Gasteiger partial charge is 0.408 e. The van der Waals surface area contributed by atoms with E-state index in [1.165, 1.54) is 25.4 Å². The SMILES string of the molecule is CC(C)n1c(O[C@@H]2C[C@H]3C(=O)C[C@]4(C(=O)NS(=O)(=O)N(C)C)C[C@@H]4/C=C\CCCCC[C@H](NC(=O)OC(C)(C)C)C(=O)N3C2)nc2c(-c3csc(N4CCCCC4)n3)cccc21. The Morgan fingerprint density at radius 2 is 1.77 bits per heavy atom. The van der Waals surface area contributed by atoms with Crippen molar-refractivity contribution in [3.8, 4) is 17.3 Å². The number of amides is 3. The molecule has 5 heterocycles. The van der Waals surface area contributed by atoms with Crippen LogP contribution >= 0.6 is 11.3 Å². The second-order valence-corrected chi connectivity index (χ2v) is 21.4. The van der Waals surface area contributed by atoms with E-state index >= 15 is 0 Å². The van der Waals surface area contributed by atoms with E-state index in [4.69, 9.17) is 19.4 Å². The number of ether oxygens (including phenoxy) is 2. The molecule has 0 radical (unpaired) electrons. The van der Waals surface area contributed by atoms with E-state index in [0.29, 0.717) is 25.3 Å². The molecular weight excluding hydrogens is 833 g/mol. The zero-order valence-corrected chi connectivity index (χ0v) is 38.6. The van der Waals surface area contributed by atoms with Gasteiger partial charge in [-0.25, -0.2) is 14.5 Å². The van der Waals surface area contributed by atoms with E-state index < -0.39 is 63.1 Å². The van der Waals surface area contributed by atoms with Crippen LogP contribution in [0.25, 0.3) is 22.3 Å². The van der Waals surface area contributed by atoms with Crippen LogP contribution in [0.3, 0.4) is 0 Å². The van der Waals surface area contributed by atoms with Crippen LogP contribution in [-0.4, -0.2) is 113 Å². The molecule has 2 saturated heterocycles. The molecule has 0 unspecified atom stereocenters. The molecule has 4 aliphatic rings. The van der Waals surface area contributed by atoms with E-state index in [9.17, 15) is 27.6 Å². The number of imidazole rings is 1. The third-order valence-corrected chi connectivity index (χ3v) is 14.6. The highest BCUT2D eigenvalue weighted by atomic mass is 32.2. The van der Waals surface area contributed by atoms with Gasteiger partial charge in [-0.15, -0.1) is 11.3 Å². The number of fused-ring (bicyclic) bond motifs is 3. The lowest BCUT2D eigenvalue weighted by Gasteiger charge is -2.30. The molecule has 3 aromatic rings. The molecule has 2 aromatic heterocycles. The van der Waals surface area contributed by atoms with Crippen LogP contribution in [0.15, 0.2) is 35.7 Å².